The first-order valence-electron chi connectivity index (χ1n) is 10.1. The Bertz CT molecular complexity index is 766. The van der Waals surface area contributed by atoms with Gasteiger partial charge in [0.15, 0.2) is 5.82 Å². The van der Waals surface area contributed by atoms with Gasteiger partial charge in [0.25, 0.3) is 5.91 Å². The number of carbonyl (C=O) groups excluding carboxylic acids is 1. The van der Waals surface area contributed by atoms with E-state index in [-0.39, 0.29) is 11.9 Å². The van der Waals surface area contributed by atoms with E-state index in [2.05, 4.69) is 25.7 Å². The van der Waals surface area contributed by atoms with Crippen molar-refractivity contribution < 1.29 is 9.53 Å². The molecule has 0 unspecified atom stereocenters. The maximum atomic E-state index is 12.5. The maximum Gasteiger partial charge on any atom is 0.251 e. The van der Waals surface area contributed by atoms with Gasteiger partial charge in [0.05, 0.1) is 19.7 Å². The first kappa shape index (κ1) is 19.0. The van der Waals surface area contributed by atoms with Crippen LogP contribution in [0.4, 0.5) is 0 Å². The topological polar surface area (TPSA) is 85.2 Å². The van der Waals surface area contributed by atoms with Gasteiger partial charge in [-0.3, -0.25) is 9.69 Å². The zero-order valence-corrected chi connectivity index (χ0v) is 16.3. The Labute approximate surface area is 165 Å². The summed E-state index contributed by atoms with van der Waals surface area (Å²) in [5, 5.41) is 15.4. The van der Waals surface area contributed by atoms with Gasteiger partial charge in [-0.05, 0) is 48.2 Å². The van der Waals surface area contributed by atoms with Crippen molar-refractivity contribution in [2.24, 2.45) is 0 Å². The summed E-state index contributed by atoms with van der Waals surface area (Å²) in [6, 6.07) is 10.6. The lowest BCUT2D eigenvalue weighted by molar-refractivity contribution is 0.0145. The minimum atomic E-state index is 0.0284. The van der Waals surface area contributed by atoms with Gasteiger partial charge in [0, 0.05) is 30.8 Å². The van der Waals surface area contributed by atoms with E-state index in [1.54, 1.807) is 7.11 Å². The number of hydrogen-bond donors (Lipinski definition) is 1. The third-order valence-electron chi connectivity index (χ3n) is 5.93. The first-order valence-corrected chi connectivity index (χ1v) is 10.1. The summed E-state index contributed by atoms with van der Waals surface area (Å²) in [7, 11) is 1.68. The van der Waals surface area contributed by atoms with Crippen LogP contribution in [-0.2, 0) is 17.8 Å². The SMILES string of the molecule is COCCn1nnnc1CN1[C@H]2CCC[C@H]1CC(NC(=O)c1ccccc1)C2. The number of nitrogens with one attached hydrogen (secondary N) is 1. The fraction of sp³-hybridized carbons (Fsp3) is 0.600. The molecule has 2 saturated heterocycles. The van der Waals surface area contributed by atoms with Crippen molar-refractivity contribution in [3.05, 3.63) is 41.7 Å². The largest absolute Gasteiger partial charge is 0.383 e. The number of tetrazole rings is 1. The van der Waals surface area contributed by atoms with Crippen molar-refractivity contribution in [1.82, 2.24) is 30.4 Å². The monoisotopic (exact) mass is 384 g/mol. The number of ether oxygens (including phenoxy) is 1. The van der Waals surface area contributed by atoms with Crippen LogP contribution in [0.2, 0.25) is 0 Å². The summed E-state index contributed by atoms with van der Waals surface area (Å²) in [5.41, 5.74) is 0.729. The molecule has 1 amide bonds. The van der Waals surface area contributed by atoms with Crippen LogP contribution in [-0.4, -0.2) is 62.9 Å². The molecule has 2 aromatic rings. The van der Waals surface area contributed by atoms with Gasteiger partial charge >= 0.3 is 0 Å². The van der Waals surface area contributed by atoms with Crippen LogP contribution < -0.4 is 5.32 Å². The van der Waals surface area contributed by atoms with Gasteiger partial charge in [0.2, 0.25) is 0 Å². The molecule has 8 heteroatoms. The highest BCUT2D eigenvalue weighted by Gasteiger charge is 2.39. The molecule has 2 fully saturated rings. The Balaban J connectivity index is 1.40. The Morgan fingerprint density at radius 3 is 2.68 bits per heavy atom. The fourth-order valence-corrected chi connectivity index (χ4v) is 4.56. The minimum absolute atomic E-state index is 0.0284. The molecule has 1 aromatic carbocycles. The molecule has 4 rings (SSSR count). The first-order chi connectivity index (χ1) is 13.7. The number of nitrogens with zero attached hydrogens (tertiary/aromatic N) is 5. The Morgan fingerprint density at radius 2 is 1.96 bits per heavy atom. The van der Waals surface area contributed by atoms with Gasteiger partial charge in [-0.15, -0.1) is 5.10 Å². The van der Waals surface area contributed by atoms with Gasteiger partial charge in [-0.2, -0.15) is 0 Å². The second-order valence-electron chi connectivity index (χ2n) is 7.73. The maximum absolute atomic E-state index is 12.5. The number of benzene rings is 1. The number of carbonyl (C=O) groups is 1. The van der Waals surface area contributed by atoms with Gasteiger partial charge in [-0.1, -0.05) is 24.6 Å². The molecule has 3 heterocycles. The molecule has 150 valence electrons. The van der Waals surface area contributed by atoms with Crippen molar-refractivity contribution in [1.29, 1.82) is 0 Å². The van der Waals surface area contributed by atoms with Crippen molar-refractivity contribution in [2.45, 2.75) is 63.3 Å². The molecule has 2 bridgehead atoms. The van der Waals surface area contributed by atoms with Crippen LogP contribution in [0.1, 0.15) is 48.3 Å². The molecule has 1 aromatic heterocycles. The summed E-state index contributed by atoms with van der Waals surface area (Å²) in [6.07, 6.45) is 5.53. The smallest absolute Gasteiger partial charge is 0.251 e. The molecule has 2 atom stereocenters. The second kappa shape index (κ2) is 8.79. The quantitative estimate of drug-likeness (QED) is 0.781. The summed E-state index contributed by atoms with van der Waals surface area (Å²) in [5.74, 6) is 0.918. The highest BCUT2D eigenvalue weighted by Crippen LogP contribution is 2.35. The van der Waals surface area contributed by atoms with Crippen LogP contribution in [0.5, 0.6) is 0 Å². The van der Waals surface area contributed by atoms with Crippen LogP contribution in [0, 0.1) is 0 Å². The average molecular weight is 384 g/mol. The van der Waals surface area contributed by atoms with E-state index in [0.29, 0.717) is 25.2 Å². The fourth-order valence-electron chi connectivity index (χ4n) is 4.56. The summed E-state index contributed by atoms with van der Waals surface area (Å²) in [6.45, 7) is 2.02. The molecule has 28 heavy (non-hydrogen) atoms. The number of amides is 1. The lowest BCUT2D eigenvalue weighted by atomic mass is 9.81. The number of aromatic nitrogens is 4. The third-order valence-corrected chi connectivity index (χ3v) is 5.93. The van der Waals surface area contributed by atoms with Crippen LogP contribution in [0.3, 0.4) is 0 Å². The van der Waals surface area contributed by atoms with Crippen LogP contribution in [0.15, 0.2) is 30.3 Å². The molecule has 0 spiro atoms. The lowest BCUT2D eigenvalue weighted by Crippen LogP contribution is -2.56. The highest BCUT2D eigenvalue weighted by atomic mass is 16.5. The highest BCUT2D eigenvalue weighted by molar-refractivity contribution is 5.94. The number of methoxy groups -OCH3 is 1. The molecule has 8 nitrogen and oxygen atoms in total. The van der Waals surface area contributed by atoms with Crippen molar-refractivity contribution in [3.63, 3.8) is 0 Å². The number of hydrogen-bond acceptors (Lipinski definition) is 6. The molecule has 0 aliphatic carbocycles. The van der Waals surface area contributed by atoms with Crippen molar-refractivity contribution in [3.8, 4) is 0 Å². The molecular weight excluding hydrogens is 356 g/mol. The van der Waals surface area contributed by atoms with E-state index in [9.17, 15) is 4.79 Å². The Hall–Kier alpha value is -2.32. The predicted molar refractivity (Wildman–Crippen MR) is 104 cm³/mol. The zero-order chi connectivity index (χ0) is 19.3. The number of fused-ring (bicyclic) bond motifs is 2. The predicted octanol–water partition coefficient (Wildman–Crippen LogP) is 1.64. The van der Waals surface area contributed by atoms with E-state index >= 15 is 0 Å². The van der Waals surface area contributed by atoms with Crippen molar-refractivity contribution in [2.75, 3.05) is 13.7 Å². The van der Waals surface area contributed by atoms with Gasteiger partial charge in [0.1, 0.15) is 0 Å². The molecule has 0 saturated carbocycles. The second-order valence-corrected chi connectivity index (χ2v) is 7.73. The summed E-state index contributed by atoms with van der Waals surface area (Å²) < 4.78 is 6.99. The normalized spacial score (nSPS) is 24.8. The average Bonchev–Trinajstić information content (AvgIpc) is 3.14. The van der Waals surface area contributed by atoms with Crippen LogP contribution >= 0.6 is 0 Å². The number of rotatable bonds is 7. The molecule has 1 N–H and O–H groups in total. The Morgan fingerprint density at radius 1 is 1.21 bits per heavy atom. The van der Waals surface area contributed by atoms with Gasteiger partial charge < -0.3 is 10.1 Å². The van der Waals surface area contributed by atoms with E-state index in [1.165, 1.54) is 6.42 Å². The molecular formula is C20H28N6O2. The van der Waals surface area contributed by atoms with E-state index < -0.39 is 0 Å². The number of piperidine rings is 2. The Kier molecular flexibility index (Phi) is 5.97. The minimum Gasteiger partial charge on any atom is -0.383 e. The molecule has 2 aliphatic rings. The molecule has 0 radical (unpaired) electrons. The summed E-state index contributed by atoms with van der Waals surface area (Å²) >= 11 is 0. The van der Waals surface area contributed by atoms with Gasteiger partial charge in [-0.25, -0.2) is 4.68 Å². The van der Waals surface area contributed by atoms with Crippen molar-refractivity contribution >= 4 is 5.91 Å². The lowest BCUT2D eigenvalue weighted by Gasteiger charge is -2.48. The molecule has 2 aliphatic heterocycles. The standard InChI is InChI=1S/C20H28N6O2/c1-28-11-10-26-19(22-23-24-26)14-25-17-8-5-9-18(25)13-16(12-17)21-20(27)15-6-3-2-4-7-15/h2-4,6-7,16-18H,5,8-14H2,1H3,(H,21,27)/t17-,18-/m0/s1. The van der Waals surface area contributed by atoms with E-state index in [4.69, 9.17) is 4.74 Å². The van der Waals surface area contributed by atoms with E-state index in [0.717, 1.165) is 43.6 Å². The van der Waals surface area contributed by atoms with Crippen LogP contribution in [0.25, 0.3) is 0 Å². The summed E-state index contributed by atoms with van der Waals surface area (Å²) in [4.78, 5) is 15.1. The third kappa shape index (κ3) is 4.23. The van der Waals surface area contributed by atoms with E-state index in [1.807, 2.05) is 35.0 Å². The zero-order valence-electron chi connectivity index (χ0n) is 16.3.